The zero-order valence-electron chi connectivity index (χ0n) is 14.9. The van der Waals surface area contributed by atoms with Gasteiger partial charge in [0, 0.05) is 49.1 Å². The van der Waals surface area contributed by atoms with E-state index < -0.39 is 0 Å². The molecule has 2 aromatic rings. The highest BCUT2D eigenvalue weighted by molar-refractivity contribution is 9.10. The van der Waals surface area contributed by atoms with Crippen LogP contribution in [0.25, 0.3) is 0 Å². The molecule has 1 atom stereocenters. The van der Waals surface area contributed by atoms with Crippen molar-refractivity contribution in [2.24, 2.45) is 5.92 Å². The monoisotopic (exact) mass is 419 g/mol. The van der Waals surface area contributed by atoms with Gasteiger partial charge in [-0.05, 0) is 53.9 Å². The standard InChI is InChI=1S/C18H22BrN5O2/c1-13-16(19)8-17(24(25)26)18(21-13)23-7-5-15(12-23)11-22(2)10-14-4-3-6-20-9-14/h3-4,6,8-9,15H,5,7,10-12H2,1-2H3. The second-order valence-corrected chi connectivity index (χ2v) is 7.67. The van der Waals surface area contributed by atoms with Gasteiger partial charge in [-0.2, -0.15) is 0 Å². The lowest BCUT2D eigenvalue weighted by Crippen LogP contribution is -2.28. The number of nitrogens with zero attached hydrogens (tertiary/aromatic N) is 5. The number of halogens is 1. The third-order valence-corrected chi connectivity index (χ3v) is 5.44. The molecule has 1 unspecified atom stereocenters. The van der Waals surface area contributed by atoms with Gasteiger partial charge >= 0.3 is 5.69 Å². The van der Waals surface area contributed by atoms with Crippen LogP contribution >= 0.6 is 15.9 Å². The van der Waals surface area contributed by atoms with Gasteiger partial charge < -0.3 is 9.80 Å². The van der Waals surface area contributed by atoms with Gasteiger partial charge in [0.2, 0.25) is 5.82 Å². The molecule has 26 heavy (non-hydrogen) atoms. The summed E-state index contributed by atoms with van der Waals surface area (Å²) in [6.07, 6.45) is 4.67. The van der Waals surface area contributed by atoms with Gasteiger partial charge in [-0.1, -0.05) is 6.07 Å². The largest absolute Gasteiger partial charge is 0.351 e. The van der Waals surface area contributed by atoms with Crippen LogP contribution in [0.15, 0.2) is 35.1 Å². The molecule has 1 aliphatic rings. The Morgan fingerprint density at radius 3 is 3.00 bits per heavy atom. The van der Waals surface area contributed by atoms with E-state index in [4.69, 9.17) is 0 Å². The molecule has 0 aromatic carbocycles. The zero-order valence-corrected chi connectivity index (χ0v) is 16.5. The average molecular weight is 420 g/mol. The maximum atomic E-state index is 11.4. The number of rotatable bonds is 6. The first kappa shape index (κ1) is 18.7. The molecule has 0 radical (unpaired) electrons. The van der Waals surface area contributed by atoms with Crippen LogP contribution in [0, 0.1) is 23.0 Å². The van der Waals surface area contributed by atoms with E-state index in [0.29, 0.717) is 16.2 Å². The number of aryl methyl sites for hydroxylation is 1. The smallest absolute Gasteiger partial charge is 0.312 e. The third-order valence-electron chi connectivity index (χ3n) is 4.64. The molecule has 8 heteroatoms. The lowest BCUT2D eigenvalue weighted by atomic mass is 10.1. The van der Waals surface area contributed by atoms with Crippen molar-refractivity contribution in [3.63, 3.8) is 0 Å². The van der Waals surface area contributed by atoms with Gasteiger partial charge in [0.25, 0.3) is 0 Å². The van der Waals surface area contributed by atoms with Crippen molar-refractivity contribution in [2.75, 3.05) is 31.6 Å². The molecule has 1 saturated heterocycles. The summed E-state index contributed by atoms with van der Waals surface area (Å²) in [6.45, 7) is 5.22. The molecule has 138 valence electrons. The summed E-state index contributed by atoms with van der Waals surface area (Å²) in [5, 5.41) is 11.4. The first-order chi connectivity index (χ1) is 12.4. The van der Waals surface area contributed by atoms with Crippen molar-refractivity contribution < 1.29 is 4.92 Å². The molecule has 3 heterocycles. The van der Waals surface area contributed by atoms with Gasteiger partial charge in [0.1, 0.15) is 0 Å². The SMILES string of the molecule is Cc1nc(N2CCC(CN(C)Cc3cccnc3)C2)c([N+](=O)[O-])cc1Br. The molecule has 7 nitrogen and oxygen atoms in total. The normalized spacial score (nSPS) is 17.1. The van der Waals surface area contributed by atoms with Crippen LogP contribution in [0.3, 0.4) is 0 Å². The van der Waals surface area contributed by atoms with Crippen molar-refractivity contribution >= 4 is 27.4 Å². The molecule has 0 amide bonds. The van der Waals surface area contributed by atoms with Crippen LogP contribution in [0.1, 0.15) is 17.7 Å². The van der Waals surface area contributed by atoms with Crippen LogP contribution in [0.4, 0.5) is 11.5 Å². The second kappa shape index (κ2) is 8.09. The van der Waals surface area contributed by atoms with Crippen molar-refractivity contribution in [3.05, 3.63) is 56.4 Å². The van der Waals surface area contributed by atoms with Gasteiger partial charge in [0.15, 0.2) is 0 Å². The lowest BCUT2D eigenvalue weighted by Gasteiger charge is -2.22. The summed E-state index contributed by atoms with van der Waals surface area (Å²) in [7, 11) is 2.10. The summed E-state index contributed by atoms with van der Waals surface area (Å²) in [5.74, 6) is 0.940. The summed E-state index contributed by atoms with van der Waals surface area (Å²) < 4.78 is 0.667. The van der Waals surface area contributed by atoms with Gasteiger partial charge in [-0.3, -0.25) is 15.1 Å². The summed E-state index contributed by atoms with van der Waals surface area (Å²) >= 11 is 3.34. The quantitative estimate of drug-likeness (QED) is 0.527. The maximum Gasteiger partial charge on any atom is 0.312 e. The molecule has 0 saturated carbocycles. The Balaban J connectivity index is 1.65. The molecular weight excluding hydrogens is 398 g/mol. The molecule has 0 spiro atoms. The predicted octanol–water partition coefficient (Wildman–Crippen LogP) is 3.41. The van der Waals surface area contributed by atoms with E-state index >= 15 is 0 Å². The first-order valence-corrected chi connectivity index (χ1v) is 9.37. The van der Waals surface area contributed by atoms with Crippen LogP contribution in [0.5, 0.6) is 0 Å². The van der Waals surface area contributed by atoms with E-state index in [2.05, 4.69) is 43.9 Å². The van der Waals surface area contributed by atoms with E-state index in [9.17, 15) is 10.1 Å². The fourth-order valence-corrected chi connectivity index (χ4v) is 3.71. The molecule has 0 aliphatic carbocycles. The second-order valence-electron chi connectivity index (χ2n) is 6.81. The topological polar surface area (TPSA) is 75.4 Å². The highest BCUT2D eigenvalue weighted by Crippen LogP contribution is 2.33. The maximum absolute atomic E-state index is 11.4. The molecule has 2 aromatic heterocycles. The third kappa shape index (κ3) is 4.37. The van der Waals surface area contributed by atoms with Gasteiger partial charge in [0.05, 0.1) is 10.6 Å². The highest BCUT2D eigenvalue weighted by Gasteiger charge is 2.30. The van der Waals surface area contributed by atoms with E-state index in [0.717, 1.165) is 38.3 Å². The lowest BCUT2D eigenvalue weighted by molar-refractivity contribution is -0.384. The van der Waals surface area contributed by atoms with E-state index in [-0.39, 0.29) is 10.6 Å². The predicted molar refractivity (Wildman–Crippen MR) is 104 cm³/mol. The number of hydrogen-bond acceptors (Lipinski definition) is 6. The molecule has 1 aliphatic heterocycles. The average Bonchev–Trinajstić information content (AvgIpc) is 3.05. The van der Waals surface area contributed by atoms with Crippen LogP contribution in [-0.4, -0.2) is 46.5 Å². The van der Waals surface area contributed by atoms with Crippen LogP contribution in [-0.2, 0) is 6.54 Å². The number of anilines is 1. The van der Waals surface area contributed by atoms with Crippen LogP contribution in [0.2, 0.25) is 0 Å². The molecule has 0 N–H and O–H groups in total. The minimum atomic E-state index is -0.353. The van der Waals surface area contributed by atoms with E-state index in [1.54, 1.807) is 12.3 Å². The Morgan fingerprint density at radius 1 is 1.50 bits per heavy atom. The first-order valence-electron chi connectivity index (χ1n) is 8.58. The Bertz CT molecular complexity index is 787. The fraction of sp³-hybridized carbons (Fsp3) is 0.444. The number of nitro groups is 1. The van der Waals surface area contributed by atoms with E-state index in [1.807, 2.05) is 24.1 Å². The van der Waals surface area contributed by atoms with Crippen molar-refractivity contribution in [3.8, 4) is 0 Å². The zero-order chi connectivity index (χ0) is 18.7. The molecular formula is C18H22BrN5O2. The Hall–Kier alpha value is -2.06. The number of pyridine rings is 2. The van der Waals surface area contributed by atoms with Crippen LogP contribution < -0.4 is 4.90 Å². The molecule has 1 fully saturated rings. The fourth-order valence-electron chi connectivity index (χ4n) is 3.41. The summed E-state index contributed by atoms with van der Waals surface area (Å²) in [4.78, 5) is 24.0. The Morgan fingerprint density at radius 2 is 2.31 bits per heavy atom. The minimum absolute atomic E-state index is 0.0619. The summed E-state index contributed by atoms with van der Waals surface area (Å²) in [6, 6.07) is 5.57. The molecule has 0 bridgehead atoms. The Labute approximate surface area is 161 Å². The summed E-state index contributed by atoms with van der Waals surface area (Å²) in [5.41, 5.74) is 2.01. The van der Waals surface area contributed by atoms with Crippen molar-refractivity contribution in [2.45, 2.75) is 19.9 Å². The number of aromatic nitrogens is 2. The molecule has 3 rings (SSSR count). The Kier molecular flexibility index (Phi) is 5.83. The van der Waals surface area contributed by atoms with Crippen molar-refractivity contribution in [1.82, 2.24) is 14.9 Å². The van der Waals surface area contributed by atoms with E-state index in [1.165, 1.54) is 5.56 Å². The van der Waals surface area contributed by atoms with Gasteiger partial charge in [-0.15, -0.1) is 0 Å². The van der Waals surface area contributed by atoms with Crippen molar-refractivity contribution in [1.29, 1.82) is 0 Å². The number of hydrogen-bond donors (Lipinski definition) is 0. The minimum Gasteiger partial charge on any atom is -0.351 e. The highest BCUT2D eigenvalue weighted by atomic mass is 79.9. The van der Waals surface area contributed by atoms with Gasteiger partial charge in [-0.25, -0.2) is 4.98 Å².